The van der Waals surface area contributed by atoms with Gasteiger partial charge >= 0.3 is 5.97 Å². The topological polar surface area (TPSA) is 48.4 Å². The molecule has 0 spiro atoms. The van der Waals surface area contributed by atoms with Gasteiger partial charge in [-0.2, -0.15) is 0 Å². The molecule has 4 nitrogen and oxygen atoms in total. The van der Waals surface area contributed by atoms with E-state index in [0.29, 0.717) is 19.8 Å². The summed E-state index contributed by atoms with van der Waals surface area (Å²) < 4.78 is 10.4. The van der Waals surface area contributed by atoms with E-state index < -0.39 is 0 Å². The molecular formula is C12H17NO3S. The van der Waals surface area contributed by atoms with E-state index in [0.717, 1.165) is 23.5 Å². The molecule has 1 aliphatic rings. The normalized spacial score (nSPS) is 18.1. The summed E-state index contributed by atoms with van der Waals surface area (Å²) in [4.78, 5) is 17.5. The van der Waals surface area contributed by atoms with Crippen LogP contribution in [0, 0.1) is 0 Å². The third kappa shape index (κ3) is 2.66. The highest BCUT2D eigenvalue weighted by molar-refractivity contribution is 7.11. The van der Waals surface area contributed by atoms with Crippen molar-refractivity contribution in [2.24, 2.45) is 0 Å². The van der Waals surface area contributed by atoms with Crippen molar-refractivity contribution in [1.82, 2.24) is 4.98 Å². The summed E-state index contributed by atoms with van der Waals surface area (Å²) in [6.45, 7) is 5.45. The molecule has 1 aliphatic carbocycles. The average molecular weight is 255 g/mol. The number of hydrogen-bond donors (Lipinski definition) is 0. The predicted molar refractivity (Wildman–Crippen MR) is 65.1 cm³/mol. The van der Waals surface area contributed by atoms with E-state index in [1.807, 2.05) is 13.8 Å². The number of aryl methyl sites for hydroxylation is 1. The van der Waals surface area contributed by atoms with Crippen LogP contribution in [-0.4, -0.2) is 24.2 Å². The molecule has 17 heavy (non-hydrogen) atoms. The maximum absolute atomic E-state index is 11.7. The van der Waals surface area contributed by atoms with Gasteiger partial charge in [-0.15, -0.1) is 11.3 Å². The summed E-state index contributed by atoms with van der Waals surface area (Å²) in [6.07, 6.45) is 1.77. The second kappa shape index (κ2) is 5.60. The molecule has 2 rings (SSSR count). The van der Waals surface area contributed by atoms with Crippen molar-refractivity contribution in [3.8, 4) is 0 Å². The van der Waals surface area contributed by atoms with Crippen LogP contribution in [0.3, 0.4) is 0 Å². The Morgan fingerprint density at radius 3 is 3.00 bits per heavy atom. The van der Waals surface area contributed by atoms with Gasteiger partial charge in [0.1, 0.15) is 10.9 Å². The van der Waals surface area contributed by atoms with Gasteiger partial charge in [-0.05, 0) is 26.7 Å². The van der Waals surface area contributed by atoms with Crippen LogP contribution in [-0.2, 0) is 27.3 Å². The lowest BCUT2D eigenvalue weighted by Crippen LogP contribution is -2.14. The van der Waals surface area contributed by atoms with Crippen molar-refractivity contribution in [2.75, 3.05) is 13.2 Å². The van der Waals surface area contributed by atoms with Gasteiger partial charge in [0.25, 0.3) is 0 Å². The van der Waals surface area contributed by atoms with Gasteiger partial charge in [0.2, 0.25) is 0 Å². The molecule has 0 aromatic carbocycles. The molecule has 0 bridgehead atoms. The zero-order valence-corrected chi connectivity index (χ0v) is 11.0. The Kier molecular flexibility index (Phi) is 4.12. The number of thiazole rings is 1. The zero-order valence-electron chi connectivity index (χ0n) is 10.2. The lowest BCUT2D eigenvalue weighted by atomic mass is 10.1. The number of aromatic nitrogens is 1. The number of ether oxygens (including phenoxy) is 2. The molecule has 0 fully saturated rings. The molecule has 0 radical (unpaired) electrons. The second-order valence-corrected chi connectivity index (χ2v) is 5.06. The Hall–Kier alpha value is -0.940. The number of nitrogens with zero attached hydrogens (tertiary/aromatic N) is 1. The van der Waals surface area contributed by atoms with Gasteiger partial charge < -0.3 is 9.47 Å². The molecule has 1 unspecified atom stereocenters. The van der Waals surface area contributed by atoms with Crippen molar-refractivity contribution in [3.63, 3.8) is 0 Å². The minimum atomic E-state index is -0.156. The molecule has 94 valence electrons. The average Bonchev–Trinajstić information content (AvgIpc) is 2.85. The Labute approximate surface area is 105 Å². The van der Waals surface area contributed by atoms with E-state index in [4.69, 9.17) is 9.47 Å². The van der Waals surface area contributed by atoms with E-state index >= 15 is 0 Å². The summed E-state index contributed by atoms with van der Waals surface area (Å²) in [7, 11) is 0. The van der Waals surface area contributed by atoms with Gasteiger partial charge in [0.05, 0.1) is 18.9 Å². The van der Waals surface area contributed by atoms with Crippen LogP contribution in [0.2, 0.25) is 0 Å². The van der Waals surface area contributed by atoms with Gasteiger partial charge in [-0.25, -0.2) is 4.98 Å². The van der Waals surface area contributed by atoms with Gasteiger partial charge in [0.15, 0.2) is 0 Å². The number of hydrogen-bond acceptors (Lipinski definition) is 5. The number of esters is 1. The standard InChI is InChI=1S/C12H17NO3S/c1-3-15-7-10-13-11-8(12(14)16-4-2)5-6-9(11)17-10/h8H,3-7H2,1-2H3. The maximum Gasteiger partial charge on any atom is 0.315 e. The van der Waals surface area contributed by atoms with Crippen LogP contribution >= 0.6 is 11.3 Å². The van der Waals surface area contributed by atoms with Crippen molar-refractivity contribution >= 4 is 17.3 Å². The highest BCUT2D eigenvalue weighted by atomic mass is 32.1. The lowest BCUT2D eigenvalue weighted by molar-refractivity contribution is -0.145. The summed E-state index contributed by atoms with van der Waals surface area (Å²) in [5, 5.41) is 0.964. The molecule has 0 N–H and O–H groups in total. The number of fused-ring (bicyclic) bond motifs is 1. The molecule has 0 saturated heterocycles. The van der Waals surface area contributed by atoms with Crippen LogP contribution < -0.4 is 0 Å². The first-order valence-corrected chi connectivity index (χ1v) is 6.80. The zero-order chi connectivity index (χ0) is 12.3. The summed E-state index contributed by atoms with van der Waals surface area (Å²) >= 11 is 1.66. The van der Waals surface area contributed by atoms with E-state index in [1.54, 1.807) is 11.3 Å². The molecule has 1 aromatic heterocycles. The fourth-order valence-corrected chi connectivity index (χ4v) is 3.08. The molecule has 0 amide bonds. The summed E-state index contributed by atoms with van der Waals surface area (Å²) in [5.74, 6) is -0.295. The monoisotopic (exact) mass is 255 g/mol. The molecule has 1 atom stereocenters. The van der Waals surface area contributed by atoms with Crippen LogP contribution in [0.25, 0.3) is 0 Å². The van der Waals surface area contributed by atoms with E-state index in [2.05, 4.69) is 4.98 Å². The number of carbonyl (C=O) groups is 1. The van der Waals surface area contributed by atoms with Crippen molar-refractivity contribution in [1.29, 1.82) is 0 Å². The Morgan fingerprint density at radius 2 is 2.29 bits per heavy atom. The summed E-state index contributed by atoms with van der Waals surface area (Å²) in [6, 6.07) is 0. The van der Waals surface area contributed by atoms with Gasteiger partial charge in [0, 0.05) is 11.5 Å². The highest BCUT2D eigenvalue weighted by Gasteiger charge is 2.33. The SMILES string of the molecule is CCOCc1nc2c(s1)CCC2C(=O)OCC. The lowest BCUT2D eigenvalue weighted by Gasteiger charge is -2.07. The Bertz CT molecular complexity index is 402. The van der Waals surface area contributed by atoms with Gasteiger partial charge in [-0.3, -0.25) is 4.79 Å². The minimum absolute atomic E-state index is 0.139. The van der Waals surface area contributed by atoms with Crippen molar-refractivity contribution < 1.29 is 14.3 Å². The smallest absolute Gasteiger partial charge is 0.315 e. The molecule has 1 aromatic rings. The third-order valence-corrected chi connectivity index (χ3v) is 3.87. The van der Waals surface area contributed by atoms with E-state index in [1.165, 1.54) is 4.88 Å². The third-order valence-electron chi connectivity index (χ3n) is 2.76. The van der Waals surface area contributed by atoms with Crippen LogP contribution in [0.5, 0.6) is 0 Å². The minimum Gasteiger partial charge on any atom is -0.465 e. The molecule has 0 aliphatic heterocycles. The van der Waals surface area contributed by atoms with Crippen LogP contribution in [0.15, 0.2) is 0 Å². The van der Waals surface area contributed by atoms with Crippen molar-refractivity contribution in [2.45, 2.75) is 39.2 Å². The maximum atomic E-state index is 11.7. The quantitative estimate of drug-likeness (QED) is 0.757. The fourth-order valence-electron chi connectivity index (χ4n) is 2.00. The first-order chi connectivity index (χ1) is 8.26. The van der Waals surface area contributed by atoms with E-state index in [-0.39, 0.29) is 11.9 Å². The summed E-state index contributed by atoms with van der Waals surface area (Å²) in [5.41, 5.74) is 0.920. The first-order valence-electron chi connectivity index (χ1n) is 5.99. The highest BCUT2D eigenvalue weighted by Crippen LogP contribution is 2.37. The first kappa shape index (κ1) is 12.5. The molecule has 5 heteroatoms. The molecule has 0 saturated carbocycles. The number of carbonyl (C=O) groups excluding carboxylic acids is 1. The van der Waals surface area contributed by atoms with Crippen LogP contribution in [0.4, 0.5) is 0 Å². The van der Waals surface area contributed by atoms with Crippen LogP contribution in [0.1, 0.15) is 41.8 Å². The second-order valence-electron chi connectivity index (χ2n) is 3.90. The Balaban J connectivity index is 2.08. The van der Waals surface area contributed by atoms with Gasteiger partial charge in [-0.1, -0.05) is 0 Å². The van der Waals surface area contributed by atoms with E-state index in [9.17, 15) is 4.79 Å². The molecular weight excluding hydrogens is 238 g/mol. The number of rotatable bonds is 5. The van der Waals surface area contributed by atoms with Crippen molar-refractivity contribution in [3.05, 3.63) is 15.6 Å². The fraction of sp³-hybridized carbons (Fsp3) is 0.667. The predicted octanol–water partition coefficient (Wildman–Crippen LogP) is 2.27. The largest absolute Gasteiger partial charge is 0.465 e. The Morgan fingerprint density at radius 1 is 1.47 bits per heavy atom. The molecule has 1 heterocycles.